The van der Waals surface area contributed by atoms with Crippen molar-refractivity contribution in [3.63, 3.8) is 0 Å². The van der Waals surface area contributed by atoms with Gasteiger partial charge in [0.05, 0.1) is 20.3 Å². The summed E-state index contributed by atoms with van der Waals surface area (Å²) in [5, 5.41) is 3.04. The van der Waals surface area contributed by atoms with Gasteiger partial charge in [-0.05, 0) is 17.7 Å². The average molecular weight is 313 g/mol. The predicted molar refractivity (Wildman–Crippen MR) is 77.1 cm³/mol. The van der Waals surface area contributed by atoms with Gasteiger partial charge in [-0.1, -0.05) is 23.7 Å². The molecule has 2 rings (SSSR count). The standard InChI is InChI=1S/C14H17ClN2O4/c1-20-14(19)16-8-13(18)17-6-7-21-12(9-17)10-2-4-11(15)5-3-10/h2-5,12H,6-9H2,1H3,(H,16,19). The number of halogens is 1. The van der Waals surface area contributed by atoms with Crippen LogP contribution in [0.15, 0.2) is 24.3 Å². The molecular formula is C14H17ClN2O4. The average Bonchev–Trinajstić information content (AvgIpc) is 2.53. The van der Waals surface area contributed by atoms with Crippen LogP contribution in [0.5, 0.6) is 0 Å². The molecule has 1 atom stereocenters. The number of alkyl carbamates (subject to hydrolysis) is 1. The second-order valence-corrected chi connectivity index (χ2v) is 5.03. The van der Waals surface area contributed by atoms with E-state index in [0.717, 1.165) is 5.56 Å². The molecule has 1 aliphatic heterocycles. The van der Waals surface area contributed by atoms with Gasteiger partial charge < -0.3 is 19.7 Å². The Morgan fingerprint density at radius 1 is 1.43 bits per heavy atom. The Bertz CT molecular complexity index is 506. The van der Waals surface area contributed by atoms with Gasteiger partial charge in [0, 0.05) is 11.6 Å². The molecule has 0 bridgehead atoms. The minimum absolute atomic E-state index is 0.0833. The van der Waals surface area contributed by atoms with Gasteiger partial charge in [-0.2, -0.15) is 0 Å². The normalized spacial score (nSPS) is 18.2. The highest BCUT2D eigenvalue weighted by Crippen LogP contribution is 2.23. The van der Waals surface area contributed by atoms with Crippen molar-refractivity contribution < 1.29 is 19.1 Å². The summed E-state index contributed by atoms with van der Waals surface area (Å²) in [6.07, 6.45) is -0.802. The molecule has 0 aliphatic carbocycles. The first kappa shape index (κ1) is 15.6. The van der Waals surface area contributed by atoms with Crippen LogP contribution in [0.2, 0.25) is 5.02 Å². The van der Waals surface area contributed by atoms with Crippen LogP contribution in [0, 0.1) is 0 Å². The Hall–Kier alpha value is -1.79. The molecule has 0 spiro atoms. The number of ether oxygens (including phenoxy) is 2. The van der Waals surface area contributed by atoms with E-state index in [0.29, 0.717) is 24.7 Å². The smallest absolute Gasteiger partial charge is 0.407 e. The van der Waals surface area contributed by atoms with Crippen molar-refractivity contribution in [2.45, 2.75) is 6.10 Å². The Morgan fingerprint density at radius 3 is 2.81 bits per heavy atom. The van der Waals surface area contributed by atoms with E-state index in [-0.39, 0.29) is 18.6 Å². The first-order valence-electron chi connectivity index (χ1n) is 6.57. The van der Waals surface area contributed by atoms with Crippen LogP contribution >= 0.6 is 11.6 Å². The van der Waals surface area contributed by atoms with Crippen molar-refractivity contribution in [2.75, 3.05) is 33.4 Å². The summed E-state index contributed by atoms with van der Waals surface area (Å²) in [6, 6.07) is 7.35. The third kappa shape index (κ3) is 4.34. The molecule has 1 saturated heterocycles. The molecule has 2 amide bonds. The maximum Gasteiger partial charge on any atom is 0.407 e. The fourth-order valence-electron chi connectivity index (χ4n) is 2.09. The number of carbonyl (C=O) groups excluding carboxylic acids is 2. The summed E-state index contributed by atoms with van der Waals surface area (Å²) >= 11 is 5.86. The quantitative estimate of drug-likeness (QED) is 0.920. The van der Waals surface area contributed by atoms with Gasteiger partial charge in [-0.15, -0.1) is 0 Å². The molecule has 1 aliphatic rings. The van der Waals surface area contributed by atoms with Gasteiger partial charge in [-0.3, -0.25) is 4.79 Å². The lowest BCUT2D eigenvalue weighted by Crippen LogP contribution is -2.46. The number of amides is 2. The SMILES string of the molecule is COC(=O)NCC(=O)N1CCOC(c2ccc(Cl)cc2)C1. The highest BCUT2D eigenvalue weighted by Gasteiger charge is 2.25. The molecule has 0 saturated carbocycles. The first-order chi connectivity index (χ1) is 10.1. The molecule has 6 nitrogen and oxygen atoms in total. The van der Waals surface area contributed by atoms with Crippen molar-refractivity contribution in [2.24, 2.45) is 0 Å². The summed E-state index contributed by atoms with van der Waals surface area (Å²) in [5.41, 5.74) is 0.970. The molecule has 7 heteroatoms. The maximum atomic E-state index is 12.0. The van der Waals surface area contributed by atoms with Gasteiger partial charge in [0.1, 0.15) is 12.6 Å². The van der Waals surface area contributed by atoms with Crippen molar-refractivity contribution in [3.8, 4) is 0 Å². The van der Waals surface area contributed by atoms with Gasteiger partial charge >= 0.3 is 6.09 Å². The van der Waals surface area contributed by atoms with Crippen LogP contribution in [0.25, 0.3) is 0 Å². The van der Waals surface area contributed by atoms with E-state index in [4.69, 9.17) is 16.3 Å². The molecule has 1 aromatic rings. The fourth-order valence-corrected chi connectivity index (χ4v) is 2.21. The zero-order valence-corrected chi connectivity index (χ0v) is 12.4. The molecular weight excluding hydrogens is 296 g/mol. The summed E-state index contributed by atoms with van der Waals surface area (Å²) in [7, 11) is 1.26. The van der Waals surface area contributed by atoms with Gasteiger partial charge in [-0.25, -0.2) is 4.79 Å². The number of rotatable bonds is 3. The van der Waals surface area contributed by atoms with Crippen LogP contribution in [0.3, 0.4) is 0 Å². The number of carbonyl (C=O) groups is 2. The fraction of sp³-hybridized carbons (Fsp3) is 0.429. The zero-order chi connectivity index (χ0) is 15.2. The molecule has 1 fully saturated rings. The summed E-state index contributed by atoms with van der Waals surface area (Å²) in [4.78, 5) is 24.7. The molecule has 1 unspecified atom stereocenters. The molecule has 114 valence electrons. The largest absolute Gasteiger partial charge is 0.453 e. The minimum Gasteiger partial charge on any atom is -0.453 e. The van der Waals surface area contributed by atoms with E-state index in [9.17, 15) is 9.59 Å². The third-order valence-electron chi connectivity index (χ3n) is 3.23. The van der Waals surface area contributed by atoms with E-state index in [2.05, 4.69) is 10.1 Å². The van der Waals surface area contributed by atoms with Crippen molar-refractivity contribution in [3.05, 3.63) is 34.9 Å². The summed E-state index contributed by atoms with van der Waals surface area (Å²) in [6.45, 7) is 1.33. The molecule has 21 heavy (non-hydrogen) atoms. The lowest BCUT2D eigenvalue weighted by atomic mass is 10.1. The highest BCUT2D eigenvalue weighted by molar-refractivity contribution is 6.30. The first-order valence-corrected chi connectivity index (χ1v) is 6.94. The molecule has 1 heterocycles. The topological polar surface area (TPSA) is 67.9 Å². The van der Waals surface area contributed by atoms with Gasteiger partial charge in [0.25, 0.3) is 0 Å². The Kier molecular flexibility index (Phi) is 5.41. The third-order valence-corrected chi connectivity index (χ3v) is 3.48. The monoisotopic (exact) mass is 312 g/mol. The van der Waals surface area contributed by atoms with Gasteiger partial charge in [0.2, 0.25) is 5.91 Å². The number of hydrogen-bond donors (Lipinski definition) is 1. The van der Waals surface area contributed by atoms with Crippen molar-refractivity contribution >= 4 is 23.6 Å². The van der Waals surface area contributed by atoms with Crippen molar-refractivity contribution in [1.29, 1.82) is 0 Å². The second-order valence-electron chi connectivity index (χ2n) is 4.60. The zero-order valence-electron chi connectivity index (χ0n) is 11.7. The van der Waals surface area contributed by atoms with E-state index in [1.54, 1.807) is 17.0 Å². The van der Waals surface area contributed by atoms with Crippen molar-refractivity contribution in [1.82, 2.24) is 10.2 Å². The van der Waals surface area contributed by atoms with Crippen LogP contribution < -0.4 is 5.32 Å². The molecule has 0 aromatic heterocycles. The number of morpholine rings is 1. The van der Waals surface area contributed by atoms with Crippen LogP contribution in [-0.2, 0) is 14.3 Å². The maximum absolute atomic E-state index is 12.0. The van der Waals surface area contributed by atoms with Crippen LogP contribution in [0.4, 0.5) is 4.79 Å². The molecule has 1 N–H and O–H groups in total. The Morgan fingerprint density at radius 2 is 2.14 bits per heavy atom. The number of nitrogens with zero attached hydrogens (tertiary/aromatic N) is 1. The van der Waals surface area contributed by atoms with Crippen LogP contribution in [0.1, 0.15) is 11.7 Å². The Balaban J connectivity index is 1.92. The minimum atomic E-state index is -0.620. The second kappa shape index (κ2) is 7.28. The number of hydrogen-bond acceptors (Lipinski definition) is 4. The van der Waals surface area contributed by atoms with Gasteiger partial charge in [0.15, 0.2) is 0 Å². The Labute approximate surface area is 128 Å². The van der Waals surface area contributed by atoms with E-state index < -0.39 is 6.09 Å². The van der Waals surface area contributed by atoms with E-state index in [1.165, 1.54) is 7.11 Å². The van der Waals surface area contributed by atoms with E-state index in [1.807, 2.05) is 12.1 Å². The summed E-state index contributed by atoms with van der Waals surface area (Å²) < 4.78 is 10.1. The molecule has 0 radical (unpaired) electrons. The molecule has 1 aromatic carbocycles. The number of methoxy groups -OCH3 is 1. The number of nitrogens with one attached hydrogen (secondary N) is 1. The highest BCUT2D eigenvalue weighted by atomic mass is 35.5. The van der Waals surface area contributed by atoms with Crippen LogP contribution in [-0.4, -0.2) is 50.3 Å². The van der Waals surface area contributed by atoms with E-state index >= 15 is 0 Å². The predicted octanol–water partition coefficient (Wildman–Crippen LogP) is 1.60. The number of benzene rings is 1. The lowest BCUT2D eigenvalue weighted by molar-refractivity contribution is -0.137. The lowest BCUT2D eigenvalue weighted by Gasteiger charge is -2.33. The summed E-state index contributed by atoms with van der Waals surface area (Å²) in [5.74, 6) is -0.164.